The lowest BCUT2D eigenvalue weighted by Crippen LogP contribution is -2.36. The number of nitro groups is 1. The van der Waals surface area contributed by atoms with Crippen LogP contribution in [0.3, 0.4) is 0 Å². The van der Waals surface area contributed by atoms with Crippen molar-refractivity contribution >= 4 is 17.3 Å². The van der Waals surface area contributed by atoms with E-state index in [0.717, 1.165) is 25.1 Å². The molecule has 1 aromatic carbocycles. The molecule has 0 aliphatic carbocycles. The number of nitrogens with zero attached hydrogens (tertiary/aromatic N) is 3. The van der Waals surface area contributed by atoms with Crippen molar-refractivity contribution in [2.45, 2.75) is 19.5 Å². The maximum atomic E-state index is 11.1. The van der Waals surface area contributed by atoms with E-state index in [1.807, 2.05) is 21.5 Å². The van der Waals surface area contributed by atoms with Crippen LogP contribution in [0.25, 0.3) is 11.3 Å². The van der Waals surface area contributed by atoms with Crippen molar-refractivity contribution in [3.63, 3.8) is 0 Å². The molecule has 1 aliphatic heterocycles. The molecule has 0 unspecified atom stereocenters. The lowest BCUT2D eigenvalue weighted by atomic mass is 10.1. The lowest BCUT2D eigenvalue weighted by molar-refractivity contribution is -0.757. The topological polar surface area (TPSA) is 52.0 Å². The second-order valence-corrected chi connectivity index (χ2v) is 4.70. The Morgan fingerprint density at radius 2 is 2.06 bits per heavy atom. The maximum Gasteiger partial charge on any atom is 0.363 e. The van der Waals surface area contributed by atoms with Crippen molar-refractivity contribution in [2.24, 2.45) is 0 Å². The van der Waals surface area contributed by atoms with Gasteiger partial charge in [-0.2, -0.15) is 0 Å². The van der Waals surface area contributed by atoms with Crippen molar-refractivity contribution in [3.8, 4) is 11.3 Å². The van der Waals surface area contributed by atoms with E-state index >= 15 is 0 Å². The molecule has 92 valence electrons. The molecule has 1 aromatic heterocycles. The van der Waals surface area contributed by atoms with Crippen molar-refractivity contribution in [2.75, 3.05) is 0 Å². The highest BCUT2D eigenvalue weighted by molar-refractivity contribution is 6.30. The largest absolute Gasteiger partial charge is 0.363 e. The zero-order valence-electron chi connectivity index (χ0n) is 9.54. The summed E-state index contributed by atoms with van der Waals surface area (Å²) in [6.45, 7) is 1.64. The van der Waals surface area contributed by atoms with Crippen molar-refractivity contribution in [3.05, 3.63) is 45.6 Å². The van der Waals surface area contributed by atoms with Crippen molar-refractivity contribution < 1.29 is 9.61 Å². The van der Waals surface area contributed by atoms with Crippen LogP contribution in [0.1, 0.15) is 6.42 Å². The van der Waals surface area contributed by atoms with Gasteiger partial charge in [-0.15, -0.1) is 9.36 Å². The molecule has 0 N–H and O–H groups in total. The molecule has 3 rings (SSSR count). The Labute approximate surface area is 108 Å². The molecule has 0 fully saturated rings. The standard InChI is InChI=1S/C12H11ClN3O2/c13-10-4-2-9(3-5-10)12-11(16(17)18)8-14-6-1-7-15(12)14/h2-5,8H,1,6-7H2/q+1. The fourth-order valence-corrected chi connectivity index (χ4v) is 2.50. The number of fused-ring (bicyclic) bond motifs is 1. The highest BCUT2D eigenvalue weighted by Gasteiger charge is 2.33. The van der Waals surface area contributed by atoms with E-state index in [9.17, 15) is 10.1 Å². The van der Waals surface area contributed by atoms with Gasteiger partial charge >= 0.3 is 5.69 Å². The molecular formula is C12H11ClN3O2+. The summed E-state index contributed by atoms with van der Waals surface area (Å²) in [6, 6.07) is 7.13. The Hall–Kier alpha value is -1.88. The van der Waals surface area contributed by atoms with Gasteiger partial charge in [-0.3, -0.25) is 10.1 Å². The van der Waals surface area contributed by atoms with Gasteiger partial charge in [-0.05, 0) is 12.1 Å². The smallest absolute Gasteiger partial charge is 0.258 e. The minimum Gasteiger partial charge on any atom is -0.258 e. The Morgan fingerprint density at radius 1 is 1.33 bits per heavy atom. The third-order valence-corrected chi connectivity index (χ3v) is 3.41. The average molecular weight is 265 g/mol. The normalized spacial score (nSPS) is 13.6. The summed E-state index contributed by atoms with van der Waals surface area (Å²) in [7, 11) is 0. The first-order valence-electron chi connectivity index (χ1n) is 5.70. The first kappa shape index (κ1) is 11.2. The molecule has 0 bridgehead atoms. The van der Waals surface area contributed by atoms with Crippen molar-refractivity contribution in [1.82, 2.24) is 4.68 Å². The molecule has 0 amide bonds. The van der Waals surface area contributed by atoms with Crippen LogP contribution in [0.15, 0.2) is 30.5 Å². The first-order valence-corrected chi connectivity index (χ1v) is 6.08. The SMILES string of the molecule is O=[N+]([O-])c1c[n+]2n(c1-c1ccc(Cl)cc1)CCC2. The second-order valence-electron chi connectivity index (χ2n) is 4.27. The van der Waals surface area contributed by atoms with Gasteiger partial charge in [-0.1, -0.05) is 23.7 Å². The molecule has 0 atom stereocenters. The summed E-state index contributed by atoms with van der Waals surface area (Å²) < 4.78 is 3.86. The van der Waals surface area contributed by atoms with E-state index in [1.165, 1.54) is 0 Å². The lowest BCUT2D eigenvalue weighted by Gasteiger charge is -2.00. The first-order chi connectivity index (χ1) is 8.66. The summed E-state index contributed by atoms with van der Waals surface area (Å²) in [5.41, 5.74) is 1.64. The molecule has 2 heterocycles. The summed E-state index contributed by atoms with van der Waals surface area (Å²) in [5.74, 6) is 0. The van der Waals surface area contributed by atoms with Crippen LogP contribution in [0, 0.1) is 10.1 Å². The van der Waals surface area contributed by atoms with Crippen LogP contribution in [0.4, 0.5) is 5.69 Å². The highest BCUT2D eigenvalue weighted by Crippen LogP contribution is 2.31. The molecule has 0 saturated heterocycles. The van der Waals surface area contributed by atoms with Crippen LogP contribution in [-0.4, -0.2) is 9.61 Å². The number of aromatic nitrogens is 2. The fraction of sp³-hybridized carbons (Fsp3) is 0.250. The third-order valence-electron chi connectivity index (χ3n) is 3.15. The number of hydrogen-bond donors (Lipinski definition) is 0. The molecule has 0 spiro atoms. The minimum atomic E-state index is -0.331. The van der Waals surface area contributed by atoms with Crippen molar-refractivity contribution in [1.29, 1.82) is 0 Å². The molecule has 0 radical (unpaired) electrons. The van der Waals surface area contributed by atoms with E-state index in [4.69, 9.17) is 11.6 Å². The summed E-state index contributed by atoms with van der Waals surface area (Å²) in [5, 5.41) is 11.7. The number of halogens is 1. The summed E-state index contributed by atoms with van der Waals surface area (Å²) in [6.07, 6.45) is 2.62. The average Bonchev–Trinajstić information content (AvgIpc) is 2.90. The zero-order chi connectivity index (χ0) is 12.7. The van der Waals surface area contributed by atoms with E-state index in [2.05, 4.69) is 0 Å². The van der Waals surface area contributed by atoms with E-state index in [1.54, 1.807) is 18.3 Å². The molecular weight excluding hydrogens is 254 g/mol. The highest BCUT2D eigenvalue weighted by atomic mass is 35.5. The van der Waals surface area contributed by atoms with Crippen LogP contribution in [-0.2, 0) is 13.1 Å². The van der Waals surface area contributed by atoms with Gasteiger partial charge < -0.3 is 0 Å². The molecule has 18 heavy (non-hydrogen) atoms. The zero-order valence-corrected chi connectivity index (χ0v) is 10.3. The minimum absolute atomic E-state index is 0.150. The fourth-order valence-electron chi connectivity index (χ4n) is 2.38. The predicted molar refractivity (Wildman–Crippen MR) is 66.3 cm³/mol. The Morgan fingerprint density at radius 3 is 2.72 bits per heavy atom. The van der Waals surface area contributed by atoms with E-state index in [-0.39, 0.29) is 10.6 Å². The molecule has 0 saturated carbocycles. The molecule has 1 aliphatic rings. The second kappa shape index (κ2) is 4.10. The van der Waals surface area contributed by atoms with Gasteiger partial charge in [0, 0.05) is 17.0 Å². The Balaban J connectivity index is 2.20. The van der Waals surface area contributed by atoms with E-state index < -0.39 is 0 Å². The molecule has 2 aromatic rings. The van der Waals surface area contributed by atoms with Gasteiger partial charge in [-0.25, -0.2) is 0 Å². The third kappa shape index (κ3) is 1.67. The van der Waals surface area contributed by atoms with Crippen LogP contribution < -0.4 is 4.68 Å². The van der Waals surface area contributed by atoms with Gasteiger partial charge in [0.15, 0.2) is 12.2 Å². The van der Waals surface area contributed by atoms with Gasteiger partial charge in [0.2, 0.25) is 0 Å². The number of hydrogen-bond acceptors (Lipinski definition) is 2. The Kier molecular flexibility index (Phi) is 2.56. The monoisotopic (exact) mass is 264 g/mol. The Bertz CT molecular complexity index is 619. The molecule has 5 nitrogen and oxygen atoms in total. The maximum absolute atomic E-state index is 11.1. The summed E-state index contributed by atoms with van der Waals surface area (Å²) >= 11 is 5.85. The number of aryl methyl sites for hydroxylation is 1. The van der Waals surface area contributed by atoms with Crippen LogP contribution >= 0.6 is 11.6 Å². The van der Waals surface area contributed by atoms with E-state index in [0.29, 0.717) is 10.7 Å². The molecule has 6 heteroatoms. The summed E-state index contributed by atoms with van der Waals surface area (Å²) in [4.78, 5) is 10.8. The van der Waals surface area contributed by atoms with Crippen LogP contribution in [0.5, 0.6) is 0 Å². The van der Waals surface area contributed by atoms with Gasteiger partial charge in [0.05, 0.1) is 11.5 Å². The van der Waals surface area contributed by atoms with Gasteiger partial charge in [0.1, 0.15) is 0 Å². The van der Waals surface area contributed by atoms with Crippen LogP contribution in [0.2, 0.25) is 5.02 Å². The quantitative estimate of drug-likeness (QED) is 0.475. The predicted octanol–water partition coefficient (Wildman–Crippen LogP) is 2.41. The number of benzene rings is 1. The number of rotatable bonds is 2. The van der Waals surface area contributed by atoms with Gasteiger partial charge in [0.25, 0.3) is 6.20 Å².